The van der Waals surface area contributed by atoms with E-state index in [-0.39, 0.29) is 19.0 Å². The number of imidazole rings is 1. The summed E-state index contributed by atoms with van der Waals surface area (Å²) in [5.41, 5.74) is 1.06. The van der Waals surface area contributed by atoms with Crippen LogP contribution in [-0.2, 0) is 17.2 Å². The van der Waals surface area contributed by atoms with Gasteiger partial charge in [0.2, 0.25) is 0 Å². The first-order valence-electron chi connectivity index (χ1n) is 5.62. The van der Waals surface area contributed by atoms with Crippen molar-refractivity contribution in [2.75, 3.05) is 13.2 Å². The molecular weight excluding hydrogens is 318 g/mol. The largest absolute Gasteiger partial charge is 0.411 e. The third-order valence-corrected chi connectivity index (χ3v) is 2.92. The highest BCUT2D eigenvalue weighted by atomic mass is 35.5. The van der Waals surface area contributed by atoms with Crippen LogP contribution in [0.3, 0.4) is 0 Å². The van der Waals surface area contributed by atoms with Crippen molar-refractivity contribution in [2.45, 2.75) is 18.6 Å². The van der Waals surface area contributed by atoms with Gasteiger partial charge in [-0.15, -0.1) is 11.6 Å². The molecule has 4 nitrogen and oxygen atoms in total. The van der Waals surface area contributed by atoms with Gasteiger partial charge in [-0.25, -0.2) is 9.97 Å². The van der Waals surface area contributed by atoms with E-state index >= 15 is 0 Å². The fraction of sp³-hybridized carbons (Fsp3) is 0.455. The average molecular weight is 328 g/mol. The van der Waals surface area contributed by atoms with Gasteiger partial charge >= 0.3 is 6.18 Å². The molecule has 0 atom stereocenters. The molecule has 0 N–H and O–H groups in total. The molecule has 0 aliphatic heterocycles. The molecular formula is C11H10Cl2F3N3O. The molecule has 0 aliphatic rings. The van der Waals surface area contributed by atoms with Crippen LogP contribution in [0.25, 0.3) is 11.2 Å². The van der Waals surface area contributed by atoms with E-state index in [0.717, 1.165) is 0 Å². The van der Waals surface area contributed by atoms with Gasteiger partial charge in [0.25, 0.3) is 0 Å². The summed E-state index contributed by atoms with van der Waals surface area (Å²) in [7, 11) is 0. The minimum Gasteiger partial charge on any atom is -0.370 e. The van der Waals surface area contributed by atoms with Gasteiger partial charge in [0.1, 0.15) is 17.9 Å². The molecule has 0 aliphatic carbocycles. The lowest BCUT2D eigenvalue weighted by atomic mass is 10.4. The summed E-state index contributed by atoms with van der Waals surface area (Å²) in [4.78, 5) is 8.33. The summed E-state index contributed by atoms with van der Waals surface area (Å²) >= 11 is 11.6. The molecule has 0 amide bonds. The molecule has 0 fully saturated rings. The van der Waals surface area contributed by atoms with Gasteiger partial charge < -0.3 is 9.30 Å². The van der Waals surface area contributed by atoms with Crippen LogP contribution in [0.2, 0.25) is 5.02 Å². The number of hydrogen-bond donors (Lipinski definition) is 0. The average Bonchev–Trinajstić information content (AvgIpc) is 2.70. The van der Waals surface area contributed by atoms with Gasteiger partial charge in [0.05, 0.1) is 17.5 Å². The highest BCUT2D eigenvalue weighted by Gasteiger charge is 2.27. The van der Waals surface area contributed by atoms with E-state index in [1.807, 2.05) is 0 Å². The van der Waals surface area contributed by atoms with Gasteiger partial charge in [-0.3, -0.25) is 0 Å². The number of pyridine rings is 1. The van der Waals surface area contributed by atoms with Crippen LogP contribution in [0.1, 0.15) is 5.82 Å². The predicted molar refractivity (Wildman–Crippen MR) is 69.0 cm³/mol. The second-order valence-corrected chi connectivity index (χ2v) is 4.68. The number of aromatic nitrogens is 3. The summed E-state index contributed by atoms with van der Waals surface area (Å²) in [6, 6.07) is 1.62. The zero-order chi connectivity index (χ0) is 14.8. The van der Waals surface area contributed by atoms with Gasteiger partial charge in [0, 0.05) is 12.7 Å². The monoisotopic (exact) mass is 327 g/mol. The van der Waals surface area contributed by atoms with E-state index in [9.17, 15) is 13.2 Å². The lowest BCUT2D eigenvalue weighted by Crippen LogP contribution is -2.19. The maximum atomic E-state index is 12.0. The van der Waals surface area contributed by atoms with Crippen molar-refractivity contribution in [1.29, 1.82) is 0 Å². The lowest BCUT2D eigenvalue weighted by molar-refractivity contribution is -0.174. The van der Waals surface area contributed by atoms with E-state index in [1.165, 1.54) is 6.20 Å². The summed E-state index contributed by atoms with van der Waals surface area (Å²) in [5.74, 6) is 0.625. The smallest absolute Gasteiger partial charge is 0.370 e. The molecule has 2 heterocycles. The number of ether oxygens (including phenoxy) is 1. The van der Waals surface area contributed by atoms with Gasteiger partial charge in [0.15, 0.2) is 5.65 Å². The van der Waals surface area contributed by atoms with Crippen molar-refractivity contribution in [1.82, 2.24) is 14.5 Å². The van der Waals surface area contributed by atoms with Crippen LogP contribution in [0.15, 0.2) is 12.3 Å². The van der Waals surface area contributed by atoms with Crippen LogP contribution in [-0.4, -0.2) is 33.9 Å². The second kappa shape index (κ2) is 6.15. The van der Waals surface area contributed by atoms with Crippen molar-refractivity contribution in [2.24, 2.45) is 0 Å². The Morgan fingerprint density at radius 3 is 2.75 bits per heavy atom. The molecule has 0 saturated carbocycles. The Hall–Kier alpha value is -1.05. The Balaban J connectivity index is 2.12. The van der Waals surface area contributed by atoms with Crippen molar-refractivity contribution >= 4 is 34.4 Å². The first-order valence-corrected chi connectivity index (χ1v) is 6.53. The molecule has 0 radical (unpaired) electrons. The van der Waals surface area contributed by atoms with Gasteiger partial charge in [-0.2, -0.15) is 13.2 Å². The summed E-state index contributed by atoms with van der Waals surface area (Å²) in [6.07, 6.45) is -2.89. The number of fused-ring (bicyclic) bond motifs is 1. The lowest BCUT2D eigenvalue weighted by Gasteiger charge is -2.09. The molecule has 20 heavy (non-hydrogen) atoms. The van der Waals surface area contributed by atoms with Crippen molar-refractivity contribution in [3.63, 3.8) is 0 Å². The number of rotatable bonds is 5. The molecule has 0 spiro atoms. The quantitative estimate of drug-likeness (QED) is 0.624. The van der Waals surface area contributed by atoms with Crippen LogP contribution in [0.4, 0.5) is 13.2 Å². The topological polar surface area (TPSA) is 39.9 Å². The zero-order valence-corrected chi connectivity index (χ0v) is 11.6. The highest BCUT2D eigenvalue weighted by molar-refractivity contribution is 6.31. The molecule has 110 valence electrons. The minimum absolute atomic E-state index is 0.112. The molecule has 0 unspecified atom stereocenters. The zero-order valence-electron chi connectivity index (χ0n) is 10.1. The molecule has 0 saturated heterocycles. The minimum atomic E-state index is -4.34. The van der Waals surface area contributed by atoms with Crippen LogP contribution in [0.5, 0.6) is 0 Å². The van der Waals surface area contributed by atoms with Crippen molar-refractivity contribution < 1.29 is 17.9 Å². The third kappa shape index (κ3) is 3.74. The van der Waals surface area contributed by atoms with E-state index in [1.54, 1.807) is 10.6 Å². The van der Waals surface area contributed by atoms with E-state index < -0.39 is 12.8 Å². The molecule has 2 aromatic heterocycles. The van der Waals surface area contributed by atoms with Crippen LogP contribution >= 0.6 is 23.2 Å². The van der Waals surface area contributed by atoms with Crippen molar-refractivity contribution in [3.05, 3.63) is 23.1 Å². The maximum Gasteiger partial charge on any atom is 0.411 e. The highest BCUT2D eigenvalue weighted by Crippen LogP contribution is 2.19. The Kier molecular flexibility index (Phi) is 4.72. The third-order valence-electron chi connectivity index (χ3n) is 2.48. The normalized spacial score (nSPS) is 12.2. The Labute approximate surface area is 122 Å². The molecule has 9 heteroatoms. The van der Waals surface area contributed by atoms with Gasteiger partial charge in [-0.05, 0) is 6.07 Å². The molecule has 0 bridgehead atoms. The summed E-state index contributed by atoms with van der Waals surface area (Å²) in [6.45, 7) is -1.21. The Bertz CT molecular complexity index is 600. The van der Waals surface area contributed by atoms with E-state index in [0.29, 0.717) is 22.0 Å². The SMILES string of the molecule is FC(F)(F)COCCn1c(CCl)nc2cc(Cl)cnc21. The predicted octanol–water partition coefficient (Wildman–Crippen LogP) is 3.40. The second-order valence-electron chi connectivity index (χ2n) is 3.98. The number of nitrogens with zero attached hydrogens (tertiary/aromatic N) is 3. The summed E-state index contributed by atoms with van der Waals surface area (Å²) < 4.78 is 42.1. The van der Waals surface area contributed by atoms with E-state index in [4.69, 9.17) is 23.2 Å². The van der Waals surface area contributed by atoms with E-state index in [2.05, 4.69) is 14.7 Å². The molecule has 2 rings (SSSR count). The Morgan fingerprint density at radius 2 is 2.10 bits per heavy atom. The number of halogens is 5. The van der Waals surface area contributed by atoms with Crippen LogP contribution in [0, 0.1) is 0 Å². The first kappa shape index (κ1) is 15.3. The molecule has 2 aromatic rings. The molecule has 0 aromatic carbocycles. The number of alkyl halides is 4. The fourth-order valence-electron chi connectivity index (χ4n) is 1.71. The fourth-order valence-corrected chi connectivity index (χ4v) is 2.07. The van der Waals surface area contributed by atoms with Crippen molar-refractivity contribution in [3.8, 4) is 0 Å². The first-order chi connectivity index (χ1) is 9.40. The van der Waals surface area contributed by atoms with Crippen LogP contribution < -0.4 is 0 Å². The maximum absolute atomic E-state index is 12.0. The Morgan fingerprint density at radius 1 is 1.35 bits per heavy atom. The van der Waals surface area contributed by atoms with Gasteiger partial charge in [-0.1, -0.05) is 11.6 Å². The summed E-state index contributed by atoms with van der Waals surface area (Å²) in [5, 5.41) is 0.427. The standard InChI is InChI=1S/C11H10Cl2F3N3O/c12-4-9-18-8-3-7(13)5-17-10(8)19(9)1-2-20-6-11(14,15)16/h3,5H,1-2,4,6H2. The number of hydrogen-bond acceptors (Lipinski definition) is 3.